The number of carboxylic acids is 1. The van der Waals surface area contributed by atoms with Gasteiger partial charge in [-0.25, -0.2) is 4.98 Å². The molecular weight excluding hydrogens is 428 g/mol. The lowest BCUT2D eigenvalue weighted by atomic mass is 10.1. The van der Waals surface area contributed by atoms with Gasteiger partial charge >= 0.3 is 5.97 Å². The first-order chi connectivity index (χ1) is 14.9. The number of nitrogens with zero attached hydrogens (tertiary/aromatic N) is 2. The summed E-state index contributed by atoms with van der Waals surface area (Å²) in [7, 11) is 0. The topological polar surface area (TPSA) is 73.7 Å². The number of rotatable bonds is 15. The molecular formula is C24H36N2O3S2. The fourth-order valence-electron chi connectivity index (χ4n) is 3.24. The Kier molecular flexibility index (Phi) is 10.8. The molecule has 0 aliphatic rings. The molecule has 0 radical (unpaired) electrons. The van der Waals surface area contributed by atoms with Crippen molar-refractivity contribution in [3.05, 3.63) is 40.9 Å². The van der Waals surface area contributed by atoms with E-state index in [1.807, 2.05) is 5.38 Å². The zero-order valence-corrected chi connectivity index (χ0v) is 20.6. The zero-order chi connectivity index (χ0) is 22.7. The predicted molar refractivity (Wildman–Crippen MR) is 132 cm³/mol. The fourth-order valence-corrected chi connectivity index (χ4v) is 5.47. The highest BCUT2D eigenvalue weighted by Gasteiger charge is 2.29. The lowest BCUT2D eigenvalue weighted by Gasteiger charge is -2.25. The van der Waals surface area contributed by atoms with E-state index < -0.39 is 10.7 Å². The Morgan fingerprint density at radius 1 is 1.10 bits per heavy atom. The number of carboxylic acid groups (broad SMARTS) is 1. The molecule has 2 rings (SSSR count). The largest absolute Gasteiger partial charge is 0.480 e. The Morgan fingerprint density at radius 3 is 2.45 bits per heavy atom. The van der Waals surface area contributed by atoms with Crippen molar-refractivity contribution in [2.45, 2.75) is 74.8 Å². The van der Waals surface area contributed by atoms with Crippen LogP contribution in [0.25, 0.3) is 0 Å². The lowest BCUT2D eigenvalue weighted by Crippen LogP contribution is -2.27. The van der Waals surface area contributed by atoms with Crippen LogP contribution in [0.1, 0.15) is 64.1 Å². The molecule has 0 unspecified atom stereocenters. The number of thiazole rings is 1. The molecule has 1 heterocycles. The standard InChI is InChI=1S/C24H36N2O3S2/c1-4-5-6-7-8-15-26(21-11-9-19(10-12-21)14-17-27)16-13-20-18-30-23(25-20)31-24(2,3)22(28)29/h9-12,18,27H,4-8,13-17H2,1-3H3,(H,28,29). The average molecular weight is 465 g/mol. The van der Waals surface area contributed by atoms with Gasteiger partial charge in [-0.2, -0.15) is 0 Å². The maximum atomic E-state index is 11.4. The fraction of sp³-hybridized carbons (Fsp3) is 0.583. The van der Waals surface area contributed by atoms with Gasteiger partial charge in [0.1, 0.15) is 4.75 Å². The first-order valence-electron chi connectivity index (χ1n) is 11.2. The highest BCUT2D eigenvalue weighted by Crippen LogP contribution is 2.34. The molecule has 1 aromatic heterocycles. The SMILES string of the molecule is CCCCCCCN(CCc1csc(SC(C)(C)C(=O)O)n1)c1ccc(CCO)cc1. The third kappa shape index (κ3) is 8.83. The van der Waals surface area contributed by atoms with Gasteiger partial charge in [0.2, 0.25) is 0 Å². The molecule has 31 heavy (non-hydrogen) atoms. The van der Waals surface area contributed by atoms with Crippen LogP contribution in [-0.2, 0) is 17.6 Å². The van der Waals surface area contributed by atoms with Gasteiger partial charge < -0.3 is 15.1 Å². The summed E-state index contributed by atoms with van der Waals surface area (Å²) in [6, 6.07) is 8.49. The molecule has 0 aliphatic carbocycles. The first kappa shape index (κ1) is 25.7. The van der Waals surface area contributed by atoms with Crippen molar-refractivity contribution in [3.63, 3.8) is 0 Å². The summed E-state index contributed by atoms with van der Waals surface area (Å²) >= 11 is 2.83. The van der Waals surface area contributed by atoms with Crippen molar-refractivity contribution >= 4 is 34.8 Å². The van der Waals surface area contributed by atoms with E-state index in [9.17, 15) is 9.90 Å². The van der Waals surface area contributed by atoms with E-state index in [1.54, 1.807) is 13.8 Å². The molecule has 0 aliphatic heterocycles. The number of hydrogen-bond donors (Lipinski definition) is 2. The van der Waals surface area contributed by atoms with Crippen LogP contribution < -0.4 is 4.90 Å². The number of aliphatic carboxylic acids is 1. The summed E-state index contributed by atoms with van der Waals surface area (Å²) in [5.41, 5.74) is 3.37. The van der Waals surface area contributed by atoms with Gasteiger partial charge in [-0.15, -0.1) is 11.3 Å². The van der Waals surface area contributed by atoms with Crippen LogP contribution in [0.15, 0.2) is 34.0 Å². The predicted octanol–water partition coefficient (Wildman–Crippen LogP) is 5.65. The van der Waals surface area contributed by atoms with E-state index in [1.165, 1.54) is 60.9 Å². The van der Waals surface area contributed by atoms with Crippen LogP contribution in [-0.4, -0.2) is 45.6 Å². The second kappa shape index (κ2) is 13.1. The number of carbonyl (C=O) groups is 1. The van der Waals surface area contributed by atoms with Crippen molar-refractivity contribution in [3.8, 4) is 0 Å². The van der Waals surface area contributed by atoms with E-state index in [2.05, 4.69) is 41.1 Å². The van der Waals surface area contributed by atoms with E-state index in [4.69, 9.17) is 5.11 Å². The highest BCUT2D eigenvalue weighted by atomic mass is 32.2. The molecule has 0 saturated heterocycles. The normalized spacial score (nSPS) is 11.6. The molecule has 7 heteroatoms. The zero-order valence-electron chi connectivity index (χ0n) is 19.0. The summed E-state index contributed by atoms with van der Waals surface area (Å²) in [6.07, 6.45) is 7.76. The number of hydrogen-bond acceptors (Lipinski definition) is 6. The number of anilines is 1. The number of aliphatic hydroxyl groups excluding tert-OH is 1. The van der Waals surface area contributed by atoms with Gasteiger partial charge in [-0.1, -0.05) is 56.5 Å². The van der Waals surface area contributed by atoms with Crippen LogP contribution in [0.4, 0.5) is 5.69 Å². The van der Waals surface area contributed by atoms with Gasteiger partial charge in [0, 0.05) is 37.2 Å². The Hall–Kier alpha value is -1.57. The number of thioether (sulfide) groups is 1. The maximum absolute atomic E-state index is 11.4. The summed E-state index contributed by atoms with van der Waals surface area (Å²) in [5.74, 6) is -0.826. The summed E-state index contributed by atoms with van der Waals surface area (Å²) in [4.78, 5) is 18.5. The van der Waals surface area contributed by atoms with Crippen LogP contribution in [0.3, 0.4) is 0 Å². The molecule has 0 atom stereocenters. The minimum absolute atomic E-state index is 0.170. The van der Waals surface area contributed by atoms with Gasteiger partial charge in [-0.3, -0.25) is 4.79 Å². The Labute approximate surface area is 194 Å². The monoisotopic (exact) mass is 464 g/mol. The van der Waals surface area contributed by atoms with E-state index in [0.717, 1.165) is 35.1 Å². The first-order valence-corrected chi connectivity index (χ1v) is 12.9. The number of benzene rings is 1. The lowest BCUT2D eigenvalue weighted by molar-refractivity contribution is -0.138. The van der Waals surface area contributed by atoms with E-state index in [-0.39, 0.29) is 6.61 Å². The van der Waals surface area contributed by atoms with Crippen molar-refractivity contribution in [1.29, 1.82) is 0 Å². The summed E-state index contributed by atoms with van der Waals surface area (Å²) in [5, 5.41) is 20.5. The van der Waals surface area contributed by atoms with Gasteiger partial charge in [0.25, 0.3) is 0 Å². The van der Waals surface area contributed by atoms with Crippen LogP contribution in [0.5, 0.6) is 0 Å². The summed E-state index contributed by atoms with van der Waals surface area (Å²) < 4.78 is -0.0717. The van der Waals surface area contributed by atoms with Gasteiger partial charge in [0.05, 0.1) is 5.69 Å². The van der Waals surface area contributed by atoms with Crippen molar-refractivity contribution in [2.24, 2.45) is 0 Å². The second-order valence-corrected chi connectivity index (χ2v) is 11.0. The minimum atomic E-state index is -0.879. The summed E-state index contributed by atoms with van der Waals surface area (Å²) in [6.45, 7) is 7.72. The number of unbranched alkanes of at least 4 members (excludes halogenated alkanes) is 4. The van der Waals surface area contributed by atoms with Gasteiger partial charge in [0.15, 0.2) is 4.34 Å². The van der Waals surface area contributed by atoms with Crippen molar-refractivity contribution in [1.82, 2.24) is 4.98 Å². The van der Waals surface area contributed by atoms with Crippen LogP contribution in [0, 0.1) is 0 Å². The molecule has 0 fully saturated rings. The Morgan fingerprint density at radius 2 is 1.81 bits per heavy atom. The van der Waals surface area contributed by atoms with Crippen LogP contribution >= 0.6 is 23.1 Å². The molecule has 0 saturated carbocycles. The molecule has 0 bridgehead atoms. The molecule has 2 N–H and O–H groups in total. The maximum Gasteiger partial charge on any atom is 0.319 e. The molecule has 172 valence electrons. The third-order valence-electron chi connectivity index (χ3n) is 5.26. The van der Waals surface area contributed by atoms with Crippen molar-refractivity contribution in [2.75, 3.05) is 24.6 Å². The Bertz CT molecular complexity index is 790. The molecule has 0 spiro atoms. The quantitative estimate of drug-likeness (QED) is 0.262. The van der Waals surface area contributed by atoms with E-state index >= 15 is 0 Å². The smallest absolute Gasteiger partial charge is 0.319 e. The molecule has 2 aromatic rings. The molecule has 0 amide bonds. The Balaban J connectivity index is 1.99. The molecule has 5 nitrogen and oxygen atoms in total. The number of aliphatic hydroxyl groups is 1. The number of aromatic nitrogens is 1. The van der Waals surface area contributed by atoms with Gasteiger partial charge in [-0.05, 0) is 44.4 Å². The van der Waals surface area contributed by atoms with Crippen LogP contribution in [0.2, 0.25) is 0 Å². The van der Waals surface area contributed by atoms with Crippen molar-refractivity contribution < 1.29 is 15.0 Å². The second-order valence-electron chi connectivity index (χ2n) is 8.31. The molecule has 1 aromatic carbocycles. The average Bonchev–Trinajstić information content (AvgIpc) is 3.17. The minimum Gasteiger partial charge on any atom is -0.480 e. The van der Waals surface area contributed by atoms with E-state index in [0.29, 0.717) is 6.42 Å². The highest BCUT2D eigenvalue weighted by molar-refractivity contribution is 8.02. The third-order valence-corrected chi connectivity index (χ3v) is 7.43.